The number of aromatic nitrogens is 1. The normalized spacial score (nSPS) is 12.2. The number of anilines is 1. The molecular weight excluding hydrogens is 260 g/mol. The van der Waals surface area contributed by atoms with Gasteiger partial charge in [-0.25, -0.2) is 18.8 Å². The van der Waals surface area contributed by atoms with Gasteiger partial charge < -0.3 is 5.21 Å². The first-order chi connectivity index (χ1) is 8.56. The Morgan fingerprint density at radius 2 is 2.22 bits per heavy atom. The Balaban J connectivity index is 3.08. The van der Waals surface area contributed by atoms with Gasteiger partial charge in [0, 0.05) is 12.6 Å². The number of nitrogens with one attached hydrogen (secondary N) is 1. The highest BCUT2D eigenvalue weighted by molar-refractivity contribution is 8.06. The van der Waals surface area contributed by atoms with Crippen LogP contribution >= 0.6 is 0 Å². The molecule has 0 aliphatic rings. The lowest BCUT2D eigenvalue weighted by Crippen LogP contribution is -2.15. The molecule has 0 saturated heterocycles. The summed E-state index contributed by atoms with van der Waals surface area (Å²) in [6, 6.07) is 2.53. The van der Waals surface area contributed by atoms with Crippen LogP contribution in [0.4, 0.5) is 5.82 Å². The van der Waals surface area contributed by atoms with Gasteiger partial charge in [-0.3, -0.25) is 0 Å². The number of nitrogens with zero attached hydrogens (tertiary/aromatic N) is 3. The van der Waals surface area contributed by atoms with Gasteiger partial charge in [0.05, 0.1) is 10.2 Å². The van der Waals surface area contributed by atoms with Crippen molar-refractivity contribution in [3.63, 3.8) is 0 Å². The van der Waals surface area contributed by atoms with Crippen molar-refractivity contribution in [2.24, 2.45) is 10.4 Å². The second kappa shape index (κ2) is 6.05. The molecule has 0 aliphatic heterocycles. The standard InChI is InChI=1S/C9H12N4O4S/c1-2-3-9(12-14)18(16,17)7-4-5-8(10-6-7)11-13-15/h4-6,14H,2-3H2,1H3,(H,10,11,15)/b12-9+. The van der Waals surface area contributed by atoms with Crippen LogP contribution in [0.2, 0.25) is 0 Å². The van der Waals surface area contributed by atoms with E-state index in [-0.39, 0.29) is 22.2 Å². The van der Waals surface area contributed by atoms with E-state index in [9.17, 15) is 13.3 Å². The molecule has 2 N–H and O–H groups in total. The Morgan fingerprint density at radius 3 is 2.67 bits per heavy atom. The van der Waals surface area contributed by atoms with E-state index in [2.05, 4.69) is 15.4 Å². The van der Waals surface area contributed by atoms with Crippen molar-refractivity contribution in [2.45, 2.75) is 24.7 Å². The molecule has 1 rings (SSSR count). The summed E-state index contributed by atoms with van der Waals surface area (Å²) in [6.45, 7) is 1.77. The van der Waals surface area contributed by atoms with Gasteiger partial charge in [-0.05, 0) is 18.6 Å². The molecule has 0 saturated carbocycles. The average molecular weight is 272 g/mol. The molecule has 0 amide bonds. The summed E-state index contributed by atoms with van der Waals surface area (Å²) in [5, 5.41) is 13.6. The monoisotopic (exact) mass is 272 g/mol. The topological polar surface area (TPSA) is 121 Å². The minimum absolute atomic E-state index is 0.111. The van der Waals surface area contributed by atoms with Gasteiger partial charge >= 0.3 is 0 Å². The van der Waals surface area contributed by atoms with Crippen molar-refractivity contribution in [1.29, 1.82) is 0 Å². The van der Waals surface area contributed by atoms with Crippen LogP contribution in [0.5, 0.6) is 0 Å². The lowest BCUT2D eigenvalue weighted by Gasteiger charge is -2.05. The minimum Gasteiger partial charge on any atom is -0.410 e. The van der Waals surface area contributed by atoms with E-state index in [4.69, 9.17) is 5.21 Å². The van der Waals surface area contributed by atoms with Crippen molar-refractivity contribution in [2.75, 3.05) is 5.43 Å². The van der Waals surface area contributed by atoms with Crippen molar-refractivity contribution < 1.29 is 13.6 Å². The zero-order valence-electron chi connectivity index (χ0n) is 9.57. The zero-order valence-corrected chi connectivity index (χ0v) is 10.4. The van der Waals surface area contributed by atoms with Crippen molar-refractivity contribution in [3.05, 3.63) is 23.2 Å². The van der Waals surface area contributed by atoms with E-state index in [1.807, 2.05) is 5.43 Å². The first-order valence-corrected chi connectivity index (χ1v) is 6.55. The minimum atomic E-state index is -3.84. The van der Waals surface area contributed by atoms with E-state index in [0.29, 0.717) is 6.42 Å². The fraction of sp³-hybridized carbons (Fsp3) is 0.333. The van der Waals surface area contributed by atoms with Gasteiger partial charge in [0.2, 0.25) is 9.84 Å². The maximum Gasteiger partial charge on any atom is 0.224 e. The first-order valence-electron chi connectivity index (χ1n) is 5.06. The molecule has 0 spiro atoms. The molecule has 0 fully saturated rings. The SMILES string of the molecule is CCC/C(=N\O)S(=O)(=O)c1ccc(NN=O)nc1. The van der Waals surface area contributed by atoms with Gasteiger partial charge in [0.25, 0.3) is 0 Å². The third-order valence-corrected chi connectivity index (χ3v) is 3.86. The molecule has 8 nitrogen and oxygen atoms in total. The maximum atomic E-state index is 12.0. The third kappa shape index (κ3) is 3.00. The highest BCUT2D eigenvalue weighted by Crippen LogP contribution is 2.16. The third-order valence-electron chi connectivity index (χ3n) is 2.09. The fourth-order valence-corrected chi connectivity index (χ4v) is 2.53. The van der Waals surface area contributed by atoms with Crippen LogP contribution in [-0.4, -0.2) is 23.7 Å². The van der Waals surface area contributed by atoms with Crippen molar-refractivity contribution in [3.8, 4) is 0 Å². The number of rotatable bonds is 5. The van der Waals surface area contributed by atoms with E-state index >= 15 is 0 Å². The largest absolute Gasteiger partial charge is 0.410 e. The summed E-state index contributed by atoms with van der Waals surface area (Å²) in [7, 11) is -3.84. The lowest BCUT2D eigenvalue weighted by atomic mass is 10.4. The molecular formula is C9H12N4O4S. The van der Waals surface area contributed by atoms with Crippen LogP contribution in [0.3, 0.4) is 0 Å². The number of oxime groups is 1. The molecule has 1 heterocycles. The second-order valence-corrected chi connectivity index (χ2v) is 5.28. The van der Waals surface area contributed by atoms with Gasteiger partial charge in [0.15, 0.2) is 5.04 Å². The predicted octanol–water partition coefficient (Wildman–Crippen LogP) is 1.54. The highest BCUT2D eigenvalue weighted by atomic mass is 32.2. The summed E-state index contributed by atoms with van der Waals surface area (Å²) in [6.07, 6.45) is 1.72. The summed E-state index contributed by atoms with van der Waals surface area (Å²) in [4.78, 5) is 13.5. The van der Waals surface area contributed by atoms with Crippen LogP contribution in [0.1, 0.15) is 19.8 Å². The molecule has 9 heteroatoms. The Labute approximate surface area is 104 Å². The number of sulfone groups is 1. The van der Waals surface area contributed by atoms with Crippen LogP contribution in [-0.2, 0) is 9.84 Å². The molecule has 0 bridgehead atoms. The summed E-state index contributed by atoms with van der Waals surface area (Å²) < 4.78 is 24.0. The average Bonchev–Trinajstić information content (AvgIpc) is 2.36. The molecule has 0 unspecified atom stereocenters. The van der Waals surface area contributed by atoms with Gasteiger partial charge in [-0.15, -0.1) is 4.91 Å². The van der Waals surface area contributed by atoms with Gasteiger partial charge in [-0.2, -0.15) is 0 Å². The van der Waals surface area contributed by atoms with E-state index in [1.54, 1.807) is 6.92 Å². The number of hydrogen-bond donors (Lipinski definition) is 2. The Kier molecular flexibility index (Phi) is 4.72. The summed E-state index contributed by atoms with van der Waals surface area (Å²) in [5.41, 5.74) is 2.04. The number of hydrogen-bond acceptors (Lipinski definition) is 7. The van der Waals surface area contributed by atoms with Gasteiger partial charge in [-0.1, -0.05) is 12.1 Å². The number of pyridine rings is 1. The van der Waals surface area contributed by atoms with Crippen molar-refractivity contribution >= 4 is 20.7 Å². The Bertz CT molecular complexity index is 538. The summed E-state index contributed by atoms with van der Waals surface area (Å²) in [5.74, 6) is 0.127. The zero-order chi connectivity index (χ0) is 13.6. The van der Waals surface area contributed by atoms with Crippen LogP contribution in [0, 0.1) is 4.91 Å². The maximum absolute atomic E-state index is 12.0. The van der Waals surface area contributed by atoms with E-state index < -0.39 is 9.84 Å². The predicted molar refractivity (Wildman–Crippen MR) is 65.0 cm³/mol. The van der Waals surface area contributed by atoms with Crippen molar-refractivity contribution in [1.82, 2.24) is 4.98 Å². The van der Waals surface area contributed by atoms with Gasteiger partial charge in [0.1, 0.15) is 5.82 Å². The van der Waals surface area contributed by atoms with Crippen LogP contribution in [0.25, 0.3) is 0 Å². The quantitative estimate of drug-likeness (QED) is 0.275. The molecule has 1 aromatic rings. The van der Waals surface area contributed by atoms with E-state index in [1.165, 1.54) is 12.1 Å². The highest BCUT2D eigenvalue weighted by Gasteiger charge is 2.22. The molecule has 0 aromatic carbocycles. The fourth-order valence-electron chi connectivity index (χ4n) is 1.24. The molecule has 0 radical (unpaired) electrons. The molecule has 18 heavy (non-hydrogen) atoms. The smallest absolute Gasteiger partial charge is 0.224 e. The molecule has 0 aliphatic carbocycles. The molecule has 1 aromatic heterocycles. The van der Waals surface area contributed by atoms with Crippen LogP contribution in [0.15, 0.2) is 33.7 Å². The number of nitroso groups, excluding NO2 is 1. The Morgan fingerprint density at radius 1 is 1.50 bits per heavy atom. The Hall–Kier alpha value is -2.03. The molecule has 98 valence electrons. The lowest BCUT2D eigenvalue weighted by molar-refractivity contribution is 0.319. The molecule has 0 atom stereocenters. The first kappa shape index (κ1) is 14.0. The van der Waals surface area contributed by atoms with Crippen LogP contribution < -0.4 is 5.43 Å². The van der Waals surface area contributed by atoms with E-state index in [0.717, 1.165) is 6.20 Å². The summed E-state index contributed by atoms with van der Waals surface area (Å²) >= 11 is 0. The second-order valence-electron chi connectivity index (χ2n) is 3.33.